The minimum absolute atomic E-state index is 0.971. The van der Waals surface area contributed by atoms with Gasteiger partial charge in [0.05, 0.1) is 9.40 Å². The molecule has 0 bridgehead atoms. The number of rotatable bonds is 3. The summed E-state index contributed by atoms with van der Waals surface area (Å²) >= 11 is 7.51. The van der Waals surface area contributed by atoms with E-state index in [1.165, 1.54) is 84.6 Å². The number of hydrogen-bond acceptors (Lipinski definition) is 2. The smallest absolute Gasteiger partial charge is 0.0542 e. The zero-order chi connectivity index (χ0) is 16.8. The lowest BCUT2D eigenvalue weighted by molar-refractivity contribution is 0.339. The summed E-state index contributed by atoms with van der Waals surface area (Å²) in [5.41, 5.74) is 1.53. The van der Waals surface area contributed by atoms with Crippen molar-refractivity contribution in [3.63, 3.8) is 0 Å². The summed E-state index contributed by atoms with van der Waals surface area (Å²) < 4.78 is 6.95. The maximum atomic E-state index is 3.60. The molecule has 4 aromatic rings. The number of fused-ring (bicyclic) bond motifs is 5. The third-order valence-electron chi connectivity index (χ3n) is 5.68. The van der Waals surface area contributed by atoms with Crippen LogP contribution >= 0.6 is 38.6 Å². The Kier molecular flexibility index (Phi) is 4.35. The minimum atomic E-state index is 0.971. The summed E-state index contributed by atoms with van der Waals surface area (Å²) in [7, 11) is 0. The van der Waals surface area contributed by atoms with E-state index in [2.05, 4.69) is 52.3 Å². The fraction of sp³-hybridized carbons (Fsp3) is 0.364. The molecule has 0 radical (unpaired) electrons. The van der Waals surface area contributed by atoms with Crippen molar-refractivity contribution in [3.8, 4) is 0 Å². The first-order valence-corrected chi connectivity index (χ1v) is 11.7. The largest absolute Gasteiger partial charge is 0.134 e. The molecular formula is C22H21BrS2. The highest BCUT2D eigenvalue weighted by atomic mass is 79.9. The van der Waals surface area contributed by atoms with E-state index in [1.54, 1.807) is 0 Å². The third-order valence-corrected chi connectivity index (χ3v) is 8.67. The fourth-order valence-electron chi connectivity index (χ4n) is 4.28. The van der Waals surface area contributed by atoms with Crippen LogP contribution in [0.4, 0.5) is 0 Å². The Hall–Kier alpha value is -0.900. The summed E-state index contributed by atoms with van der Waals surface area (Å²) in [6, 6.07) is 13.9. The van der Waals surface area contributed by atoms with Gasteiger partial charge in [0.15, 0.2) is 0 Å². The molecule has 5 rings (SSSR count). The van der Waals surface area contributed by atoms with Crippen LogP contribution in [0.1, 0.15) is 44.1 Å². The van der Waals surface area contributed by atoms with Gasteiger partial charge in [-0.1, -0.05) is 66.2 Å². The molecular weight excluding hydrogens is 408 g/mol. The first kappa shape index (κ1) is 16.3. The summed E-state index contributed by atoms with van der Waals surface area (Å²) in [4.78, 5) is 0. The maximum Gasteiger partial charge on any atom is 0.0542 e. The summed E-state index contributed by atoms with van der Waals surface area (Å²) in [5, 5.41) is 2.85. The molecule has 1 aliphatic rings. The molecule has 0 aliphatic heterocycles. The van der Waals surface area contributed by atoms with Crippen LogP contribution < -0.4 is 0 Å². The summed E-state index contributed by atoms with van der Waals surface area (Å²) in [6.07, 6.45) is 9.90. The van der Waals surface area contributed by atoms with Crippen molar-refractivity contribution in [1.82, 2.24) is 0 Å². The van der Waals surface area contributed by atoms with E-state index >= 15 is 0 Å². The Morgan fingerprint density at radius 3 is 2.28 bits per heavy atom. The van der Waals surface area contributed by atoms with Crippen molar-refractivity contribution in [2.45, 2.75) is 44.9 Å². The Morgan fingerprint density at radius 1 is 0.840 bits per heavy atom. The first-order valence-electron chi connectivity index (χ1n) is 9.31. The fourth-order valence-corrected chi connectivity index (χ4v) is 7.55. The average molecular weight is 429 g/mol. The molecule has 25 heavy (non-hydrogen) atoms. The zero-order valence-corrected chi connectivity index (χ0v) is 17.4. The Labute approximate surface area is 165 Å². The van der Waals surface area contributed by atoms with Crippen molar-refractivity contribution in [1.29, 1.82) is 0 Å². The molecule has 0 spiro atoms. The van der Waals surface area contributed by atoms with Gasteiger partial charge in [0.2, 0.25) is 0 Å². The molecule has 2 aromatic heterocycles. The second-order valence-electron chi connectivity index (χ2n) is 7.38. The molecule has 1 saturated carbocycles. The molecule has 0 unspecified atom stereocenters. The standard InChI is InChI=1S/C22H21BrS2/c23-16-9-11-18-20(13-16)25-21-17-10-8-15(12-19(17)24-22(18)21)7-6-14-4-2-1-3-5-14/h8-14H,1-7H2. The highest BCUT2D eigenvalue weighted by molar-refractivity contribution is 9.10. The van der Waals surface area contributed by atoms with Crippen molar-refractivity contribution in [2.24, 2.45) is 5.92 Å². The van der Waals surface area contributed by atoms with E-state index in [0.717, 1.165) is 5.92 Å². The van der Waals surface area contributed by atoms with Crippen LogP contribution in [0, 0.1) is 5.92 Å². The SMILES string of the molecule is Brc1ccc2c(c1)sc1c3ccc(CCC4CCCCC4)cc3sc21. The average Bonchev–Trinajstić information content (AvgIpc) is 3.15. The number of hydrogen-bond donors (Lipinski definition) is 0. The normalized spacial score (nSPS) is 16.4. The Balaban J connectivity index is 1.48. The van der Waals surface area contributed by atoms with Crippen LogP contribution in [-0.4, -0.2) is 0 Å². The van der Waals surface area contributed by atoms with Gasteiger partial charge in [-0.3, -0.25) is 0 Å². The number of benzene rings is 2. The number of halogens is 1. The monoisotopic (exact) mass is 428 g/mol. The lowest BCUT2D eigenvalue weighted by atomic mass is 9.85. The molecule has 0 amide bonds. The lowest BCUT2D eigenvalue weighted by Crippen LogP contribution is -2.07. The van der Waals surface area contributed by atoms with Gasteiger partial charge in [0, 0.05) is 24.6 Å². The highest BCUT2D eigenvalue weighted by Crippen LogP contribution is 2.45. The lowest BCUT2D eigenvalue weighted by Gasteiger charge is -2.21. The van der Waals surface area contributed by atoms with E-state index < -0.39 is 0 Å². The molecule has 2 aromatic carbocycles. The predicted octanol–water partition coefficient (Wildman–Crippen LogP) is 8.54. The van der Waals surface area contributed by atoms with Crippen molar-refractivity contribution >= 4 is 68.2 Å². The van der Waals surface area contributed by atoms with Crippen molar-refractivity contribution in [2.75, 3.05) is 0 Å². The van der Waals surface area contributed by atoms with Gasteiger partial charge < -0.3 is 0 Å². The molecule has 1 aliphatic carbocycles. The minimum Gasteiger partial charge on any atom is -0.134 e. The quantitative estimate of drug-likeness (QED) is 0.306. The van der Waals surface area contributed by atoms with Gasteiger partial charge in [-0.05, 0) is 42.5 Å². The third kappa shape index (κ3) is 3.05. The number of thiophene rings is 2. The van der Waals surface area contributed by atoms with Crippen LogP contribution in [0.5, 0.6) is 0 Å². The summed E-state index contributed by atoms with van der Waals surface area (Å²) in [6.45, 7) is 0. The van der Waals surface area contributed by atoms with Crippen molar-refractivity contribution < 1.29 is 0 Å². The molecule has 0 N–H and O–H groups in total. The van der Waals surface area contributed by atoms with E-state index in [0.29, 0.717) is 0 Å². The van der Waals surface area contributed by atoms with Gasteiger partial charge in [-0.25, -0.2) is 0 Å². The van der Waals surface area contributed by atoms with E-state index in [4.69, 9.17) is 0 Å². The molecule has 0 atom stereocenters. The maximum absolute atomic E-state index is 3.60. The molecule has 1 fully saturated rings. The van der Waals surface area contributed by atoms with E-state index in [9.17, 15) is 0 Å². The van der Waals surface area contributed by atoms with Crippen LogP contribution in [0.3, 0.4) is 0 Å². The van der Waals surface area contributed by atoms with Crippen molar-refractivity contribution in [3.05, 3.63) is 46.4 Å². The Morgan fingerprint density at radius 2 is 1.52 bits per heavy atom. The van der Waals surface area contributed by atoms with Gasteiger partial charge in [0.1, 0.15) is 0 Å². The van der Waals surface area contributed by atoms with Gasteiger partial charge >= 0.3 is 0 Å². The molecule has 0 nitrogen and oxygen atoms in total. The summed E-state index contributed by atoms with van der Waals surface area (Å²) in [5.74, 6) is 0.971. The van der Waals surface area contributed by atoms with Gasteiger partial charge in [-0.15, -0.1) is 22.7 Å². The second-order valence-corrected chi connectivity index (χ2v) is 10.4. The second kappa shape index (κ2) is 6.68. The van der Waals surface area contributed by atoms with Crippen LogP contribution in [0.2, 0.25) is 0 Å². The zero-order valence-electron chi connectivity index (χ0n) is 14.2. The van der Waals surface area contributed by atoms with Gasteiger partial charge in [0.25, 0.3) is 0 Å². The molecule has 128 valence electrons. The topological polar surface area (TPSA) is 0 Å². The Bertz CT molecular complexity index is 1050. The first-order chi connectivity index (χ1) is 12.3. The van der Waals surface area contributed by atoms with Gasteiger partial charge in [-0.2, -0.15) is 0 Å². The molecule has 0 saturated heterocycles. The van der Waals surface area contributed by atoms with E-state index in [-0.39, 0.29) is 0 Å². The number of aryl methyl sites for hydroxylation is 1. The van der Waals surface area contributed by atoms with Crippen LogP contribution in [0.15, 0.2) is 40.9 Å². The molecule has 2 heterocycles. The van der Waals surface area contributed by atoms with Crippen LogP contribution in [-0.2, 0) is 6.42 Å². The molecule has 3 heteroatoms. The predicted molar refractivity (Wildman–Crippen MR) is 117 cm³/mol. The van der Waals surface area contributed by atoms with E-state index in [1.807, 2.05) is 22.7 Å². The highest BCUT2D eigenvalue weighted by Gasteiger charge is 2.15. The van der Waals surface area contributed by atoms with Crippen LogP contribution in [0.25, 0.3) is 29.6 Å².